The van der Waals surface area contributed by atoms with Gasteiger partial charge in [-0.3, -0.25) is 0 Å². The SMILES string of the molecule is CCn1ccnc1C(/C=C\C=C/O)=C1CC1. The summed E-state index contributed by atoms with van der Waals surface area (Å²) in [5, 5.41) is 8.60. The molecule has 0 unspecified atom stereocenters. The highest BCUT2D eigenvalue weighted by Gasteiger charge is 2.19. The van der Waals surface area contributed by atoms with E-state index in [1.807, 2.05) is 24.5 Å². The molecule has 1 saturated carbocycles. The second-order valence-electron chi connectivity index (χ2n) is 3.75. The van der Waals surface area contributed by atoms with E-state index in [4.69, 9.17) is 5.11 Å². The Morgan fingerprint density at radius 2 is 2.31 bits per heavy atom. The Morgan fingerprint density at radius 1 is 1.50 bits per heavy atom. The summed E-state index contributed by atoms with van der Waals surface area (Å²) in [6.45, 7) is 3.04. The van der Waals surface area contributed by atoms with Gasteiger partial charge in [-0.2, -0.15) is 0 Å². The van der Waals surface area contributed by atoms with E-state index in [2.05, 4.69) is 16.5 Å². The maximum absolute atomic E-state index is 8.60. The first-order valence-electron chi connectivity index (χ1n) is 5.57. The molecule has 3 heteroatoms. The Hall–Kier alpha value is -1.77. The number of aryl methyl sites for hydroxylation is 1. The summed E-state index contributed by atoms with van der Waals surface area (Å²) < 4.78 is 2.13. The molecule has 3 nitrogen and oxygen atoms in total. The average Bonchev–Trinajstić information content (AvgIpc) is 3.02. The summed E-state index contributed by atoms with van der Waals surface area (Å²) in [6, 6.07) is 0. The van der Waals surface area contributed by atoms with Gasteiger partial charge in [0.25, 0.3) is 0 Å². The molecule has 2 rings (SSSR count). The van der Waals surface area contributed by atoms with Crippen molar-refractivity contribution in [2.45, 2.75) is 26.3 Å². The highest BCUT2D eigenvalue weighted by molar-refractivity contribution is 5.75. The van der Waals surface area contributed by atoms with Crippen LogP contribution in [0.5, 0.6) is 0 Å². The molecular weight excluding hydrogens is 200 g/mol. The zero-order chi connectivity index (χ0) is 11.4. The predicted octanol–water partition coefficient (Wildman–Crippen LogP) is 3.08. The zero-order valence-corrected chi connectivity index (χ0v) is 9.43. The fourth-order valence-electron chi connectivity index (χ4n) is 1.69. The van der Waals surface area contributed by atoms with Gasteiger partial charge in [-0.1, -0.05) is 17.7 Å². The second-order valence-corrected chi connectivity index (χ2v) is 3.75. The molecular formula is C13H16N2O. The normalized spacial score (nSPS) is 15.2. The molecule has 0 atom stereocenters. The van der Waals surface area contributed by atoms with Crippen molar-refractivity contribution in [2.75, 3.05) is 0 Å². The molecule has 0 amide bonds. The van der Waals surface area contributed by atoms with Crippen molar-refractivity contribution in [3.05, 3.63) is 48.3 Å². The standard InChI is InChI=1S/C13H16N2O/c1-2-15-9-8-14-13(15)12(11-6-7-11)5-3-4-10-16/h3-5,8-10,16H,2,6-7H2,1H3/b5-3-,10-4-. The van der Waals surface area contributed by atoms with Crippen LogP contribution < -0.4 is 0 Å². The molecule has 1 N–H and O–H groups in total. The molecule has 84 valence electrons. The number of rotatable bonds is 4. The van der Waals surface area contributed by atoms with Crippen LogP contribution in [-0.4, -0.2) is 14.7 Å². The summed E-state index contributed by atoms with van der Waals surface area (Å²) in [4.78, 5) is 4.39. The minimum atomic E-state index is 0.926. The first-order chi connectivity index (χ1) is 7.86. The number of imidazole rings is 1. The van der Waals surface area contributed by atoms with Crippen molar-refractivity contribution in [2.24, 2.45) is 0 Å². The van der Waals surface area contributed by atoms with Crippen LogP contribution in [0.3, 0.4) is 0 Å². The molecule has 0 aromatic carbocycles. The van der Waals surface area contributed by atoms with Crippen LogP contribution in [0.4, 0.5) is 0 Å². The summed E-state index contributed by atoms with van der Waals surface area (Å²) in [5.41, 5.74) is 2.65. The van der Waals surface area contributed by atoms with Crippen molar-refractivity contribution >= 4 is 5.57 Å². The molecule has 0 spiro atoms. The molecule has 0 aliphatic heterocycles. The predicted molar refractivity (Wildman–Crippen MR) is 65.0 cm³/mol. The van der Waals surface area contributed by atoms with E-state index in [0.717, 1.165) is 18.6 Å². The molecule has 16 heavy (non-hydrogen) atoms. The third-order valence-corrected chi connectivity index (χ3v) is 2.64. The molecule has 0 saturated heterocycles. The van der Waals surface area contributed by atoms with Crippen molar-refractivity contribution in [3.63, 3.8) is 0 Å². The molecule has 1 heterocycles. The molecule has 1 aromatic heterocycles. The number of aliphatic hydroxyl groups excluding tert-OH is 1. The monoisotopic (exact) mass is 216 g/mol. The van der Waals surface area contributed by atoms with E-state index >= 15 is 0 Å². The number of aromatic nitrogens is 2. The lowest BCUT2D eigenvalue weighted by molar-refractivity contribution is 0.474. The number of hydrogen-bond donors (Lipinski definition) is 1. The van der Waals surface area contributed by atoms with Gasteiger partial charge in [-0.15, -0.1) is 0 Å². The fraction of sp³-hybridized carbons (Fsp3) is 0.308. The number of allylic oxidation sites excluding steroid dienone is 5. The summed E-state index contributed by atoms with van der Waals surface area (Å²) in [6.07, 6.45) is 12.7. The molecule has 1 fully saturated rings. The van der Waals surface area contributed by atoms with Crippen LogP contribution in [0.1, 0.15) is 25.6 Å². The lowest BCUT2D eigenvalue weighted by atomic mass is 10.2. The first-order valence-corrected chi connectivity index (χ1v) is 5.57. The van der Waals surface area contributed by atoms with E-state index in [9.17, 15) is 0 Å². The van der Waals surface area contributed by atoms with Gasteiger partial charge in [0.1, 0.15) is 5.82 Å². The van der Waals surface area contributed by atoms with Gasteiger partial charge in [-0.25, -0.2) is 4.98 Å². The second kappa shape index (κ2) is 4.84. The van der Waals surface area contributed by atoms with Crippen molar-refractivity contribution in [1.29, 1.82) is 0 Å². The van der Waals surface area contributed by atoms with Gasteiger partial charge in [0.15, 0.2) is 0 Å². The average molecular weight is 216 g/mol. The Balaban J connectivity index is 2.31. The van der Waals surface area contributed by atoms with E-state index in [1.54, 1.807) is 6.08 Å². The topological polar surface area (TPSA) is 38.0 Å². The van der Waals surface area contributed by atoms with Crippen molar-refractivity contribution in [1.82, 2.24) is 9.55 Å². The highest BCUT2D eigenvalue weighted by atomic mass is 16.2. The van der Waals surface area contributed by atoms with Crippen molar-refractivity contribution in [3.8, 4) is 0 Å². The quantitative estimate of drug-likeness (QED) is 0.620. The molecule has 1 aliphatic rings. The Kier molecular flexibility index (Phi) is 3.25. The first kappa shape index (κ1) is 10.7. The lowest BCUT2D eigenvalue weighted by Gasteiger charge is -2.04. The van der Waals surface area contributed by atoms with Gasteiger partial charge in [-0.05, 0) is 25.8 Å². The summed E-state index contributed by atoms with van der Waals surface area (Å²) >= 11 is 0. The minimum absolute atomic E-state index is 0.926. The third-order valence-electron chi connectivity index (χ3n) is 2.64. The Bertz CT molecular complexity index is 446. The van der Waals surface area contributed by atoms with E-state index in [0.29, 0.717) is 0 Å². The highest BCUT2D eigenvalue weighted by Crippen LogP contribution is 2.36. The largest absolute Gasteiger partial charge is 0.516 e. The van der Waals surface area contributed by atoms with Crippen LogP contribution >= 0.6 is 0 Å². The molecule has 1 aliphatic carbocycles. The summed E-state index contributed by atoms with van der Waals surface area (Å²) in [7, 11) is 0. The molecule has 0 radical (unpaired) electrons. The summed E-state index contributed by atoms with van der Waals surface area (Å²) in [5.74, 6) is 1.03. The van der Waals surface area contributed by atoms with Crippen LogP contribution in [0.15, 0.2) is 42.5 Å². The molecule has 1 aromatic rings. The smallest absolute Gasteiger partial charge is 0.139 e. The maximum atomic E-state index is 8.60. The van der Waals surface area contributed by atoms with Gasteiger partial charge >= 0.3 is 0 Å². The Labute approximate surface area is 95.4 Å². The number of hydrogen-bond acceptors (Lipinski definition) is 2. The number of nitrogens with zero attached hydrogens (tertiary/aromatic N) is 2. The Morgan fingerprint density at radius 3 is 2.94 bits per heavy atom. The number of aliphatic hydroxyl groups is 1. The van der Waals surface area contributed by atoms with Crippen molar-refractivity contribution < 1.29 is 5.11 Å². The fourth-order valence-corrected chi connectivity index (χ4v) is 1.69. The van der Waals surface area contributed by atoms with Gasteiger partial charge < -0.3 is 9.67 Å². The third kappa shape index (κ3) is 2.24. The van der Waals surface area contributed by atoms with Gasteiger partial charge in [0.05, 0.1) is 6.26 Å². The van der Waals surface area contributed by atoms with Crippen LogP contribution in [-0.2, 0) is 6.54 Å². The van der Waals surface area contributed by atoms with E-state index in [-0.39, 0.29) is 0 Å². The van der Waals surface area contributed by atoms with E-state index < -0.39 is 0 Å². The minimum Gasteiger partial charge on any atom is -0.516 e. The van der Waals surface area contributed by atoms with Crippen LogP contribution in [0.25, 0.3) is 5.57 Å². The molecule has 0 bridgehead atoms. The van der Waals surface area contributed by atoms with E-state index in [1.165, 1.54) is 24.0 Å². The lowest BCUT2D eigenvalue weighted by Crippen LogP contribution is -1.99. The maximum Gasteiger partial charge on any atom is 0.139 e. The van der Waals surface area contributed by atoms with Crippen LogP contribution in [0.2, 0.25) is 0 Å². The van der Waals surface area contributed by atoms with Gasteiger partial charge in [0, 0.05) is 24.5 Å². The zero-order valence-electron chi connectivity index (χ0n) is 9.43. The van der Waals surface area contributed by atoms with Gasteiger partial charge in [0.2, 0.25) is 0 Å². The van der Waals surface area contributed by atoms with Crippen LogP contribution in [0, 0.1) is 0 Å².